The number of likely N-dealkylation sites (N-methyl/N-ethyl adjacent to an activating group) is 1. The lowest BCUT2D eigenvalue weighted by atomic mass is 10.1. The molecule has 1 unspecified atom stereocenters. The van der Waals surface area contributed by atoms with Crippen molar-refractivity contribution in [2.75, 3.05) is 49.3 Å². The van der Waals surface area contributed by atoms with E-state index in [2.05, 4.69) is 42.1 Å². The Balaban J connectivity index is 1.61. The number of hydrogen-bond acceptors (Lipinski definition) is 4. The topological polar surface area (TPSA) is 26.8 Å². The molecule has 2 aromatic carbocycles. The monoisotopic (exact) mass is 461 g/mol. The predicted octanol–water partition coefficient (Wildman–Crippen LogP) is 5.25. The highest BCUT2D eigenvalue weighted by molar-refractivity contribution is 8.04. The van der Waals surface area contributed by atoms with E-state index in [0.29, 0.717) is 22.6 Å². The summed E-state index contributed by atoms with van der Waals surface area (Å²) in [6.45, 7) is 2.66. The Labute approximate surface area is 192 Å². The minimum atomic E-state index is -0.00743. The molecule has 0 bridgehead atoms. The smallest absolute Gasteiger partial charge is 0.264 e. The van der Waals surface area contributed by atoms with E-state index in [4.69, 9.17) is 23.2 Å². The third-order valence-corrected chi connectivity index (χ3v) is 7.07. The van der Waals surface area contributed by atoms with Gasteiger partial charge in [-0.15, -0.1) is 11.8 Å². The molecule has 7 heteroatoms. The van der Waals surface area contributed by atoms with E-state index in [1.165, 1.54) is 5.69 Å². The summed E-state index contributed by atoms with van der Waals surface area (Å²) in [6, 6.07) is 14.2. The third-order valence-electron chi connectivity index (χ3n) is 5.65. The van der Waals surface area contributed by atoms with Gasteiger partial charge in [0.15, 0.2) is 0 Å². The highest BCUT2D eigenvalue weighted by Crippen LogP contribution is 2.34. The van der Waals surface area contributed by atoms with Gasteiger partial charge in [-0.3, -0.25) is 4.79 Å². The number of carbonyl (C=O) groups excluding carboxylic acids is 1. The molecular formula is C23H25Cl2N3OS. The number of halogens is 2. The molecule has 2 aliphatic heterocycles. The second kappa shape index (κ2) is 9.23. The SMILES string of the molecule is CN(C)C1CCN(c2ccccc2C=C2SCCN(c3cc(Cl)cc(Cl)c3)C2=O)C1. The van der Waals surface area contributed by atoms with E-state index in [-0.39, 0.29) is 5.91 Å². The fourth-order valence-corrected chi connectivity index (χ4v) is 5.46. The summed E-state index contributed by atoms with van der Waals surface area (Å²) in [6.07, 6.45) is 3.18. The van der Waals surface area contributed by atoms with Crippen LogP contribution in [0.2, 0.25) is 10.0 Å². The zero-order valence-electron chi connectivity index (χ0n) is 17.1. The van der Waals surface area contributed by atoms with Gasteiger partial charge in [0.1, 0.15) is 0 Å². The van der Waals surface area contributed by atoms with Gasteiger partial charge in [0.05, 0.1) is 4.91 Å². The molecule has 0 radical (unpaired) electrons. The first-order valence-corrected chi connectivity index (χ1v) is 11.8. The van der Waals surface area contributed by atoms with E-state index < -0.39 is 0 Å². The highest BCUT2D eigenvalue weighted by atomic mass is 35.5. The third kappa shape index (κ3) is 4.65. The first-order chi connectivity index (χ1) is 14.4. The maximum atomic E-state index is 13.3. The highest BCUT2D eigenvalue weighted by Gasteiger charge is 2.28. The molecule has 2 aromatic rings. The second-order valence-electron chi connectivity index (χ2n) is 7.85. The molecule has 0 saturated carbocycles. The normalized spacial score (nSPS) is 21.2. The van der Waals surface area contributed by atoms with Crippen LogP contribution < -0.4 is 9.80 Å². The lowest BCUT2D eigenvalue weighted by Crippen LogP contribution is -2.37. The van der Waals surface area contributed by atoms with Gasteiger partial charge in [0.2, 0.25) is 0 Å². The van der Waals surface area contributed by atoms with Crippen LogP contribution in [0.25, 0.3) is 6.08 Å². The Morgan fingerprint density at radius 3 is 2.53 bits per heavy atom. The number of benzene rings is 2. The van der Waals surface area contributed by atoms with Crippen LogP contribution >= 0.6 is 35.0 Å². The summed E-state index contributed by atoms with van der Waals surface area (Å²) >= 11 is 13.9. The van der Waals surface area contributed by atoms with E-state index in [0.717, 1.165) is 41.4 Å². The molecule has 2 fully saturated rings. The van der Waals surface area contributed by atoms with Crippen LogP contribution in [0.4, 0.5) is 11.4 Å². The van der Waals surface area contributed by atoms with Crippen molar-refractivity contribution in [1.82, 2.24) is 4.90 Å². The second-order valence-corrected chi connectivity index (χ2v) is 9.86. The molecule has 0 aromatic heterocycles. The van der Waals surface area contributed by atoms with Crippen LogP contribution in [-0.4, -0.2) is 56.3 Å². The lowest BCUT2D eigenvalue weighted by Gasteiger charge is -2.29. The average Bonchev–Trinajstić information content (AvgIpc) is 3.20. The number of rotatable bonds is 4. The Hall–Kier alpha value is -1.66. The largest absolute Gasteiger partial charge is 0.369 e. The predicted molar refractivity (Wildman–Crippen MR) is 130 cm³/mol. The van der Waals surface area contributed by atoms with Crippen molar-refractivity contribution in [2.24, 2.45) is 0 Å². The van der Waals surface area contributed by atoms with Crippen LogP contribution in [-0.2, 0) is 4.79 Å². The van der Waals surface area contributed by atoms with Crippen molar-refractivity contribution in [3.05, 3.63) is 63.0 Å². The van der Waals surface area contributed by atoms with Crippen molar-refractivity contribution < 1.29 is 4.79 Å². The minimum Gasteiger partial charge on any atom is -0.369 e. The first-order valence-electron chi connectivity index (χ1n) is 10.1. The van der Waals surface area contributed by atoms with E-state index >= 15 is 0 Å². The number of thioether (sulfide) groups is 1. The molecular weight excluding hydrogens is 437 g/mol. The number of amides is 1. The molecule has 1 amide bonds. The van der Waals surface area contributed by atoms with Gasteiger partial charge in [0.25, 0.3) is 5.91 Å². The van der Waals surface area contributed by atoms with E-state index in [9.17, 15) is 4.79 Å². The molecule has 0 aliphatic carbocycles. The Bertz CT molecular complexity index is 958. The maximum absolute atomic E-state index is 13.3. The van der Waals surface area contributed by atoms with Crippen molar-refractivity contribution in [2.45, 2.75) is 12.5 Å². The zero-order valence-corrected chi connectivity index (χ0v) is 19.5. The summed E-state index contributed by atoms with van der Waals surface area (Å²) in [5.41, 5.74) is 3.01. The molecule has 4 nitrogen and oxygen atoms in total. The molecule has 30 heavy (non-hydrogen) atoms. The number of nitrogens with zero attached hydrogens (tertiary/aromatic N) is 3. The first kappa shape index (κ1) is 21.6. The van der Waals surface area contributed by atoms with E-state index in [1.807, 2.05) is 12.1 Å². The number of carbonyl (C=O) groups is 1. The van der Waals surface area contributed by atoms with Crippen molar-refractivity contribution >= 4 is 58.3 Å². The van der Waals surface area contributed by atoms with E-state index in [1.54, 1.807) is 34.9 Å². The van der Waals surface area contributed by atoms with Crippen LogP contribution in [0.5, 0.6) is 0 Å². The summed E-state index contributed by atoms with van der Waals surface area (Å²) in [5.74, 6) is 0.822. The molecule has 2 saturated heterocycles. The molecule has 2 aliphatic rings. The maximum Gasteiger partial charge on any atom is 0.264 e. The van der Waals surface area contributed by atoms with Gasteiger partial charge in [0, 0.05) is 52.8 Å². The fourth-order valence-electron chi connectivity index (χ4n) is 4.01. The van der Waals surface area contributed by atoms with Crippen LogP contribution in [0.15, 0.2) is 47.4 Å². The summed E-state index contributed by atoms with van der Waals surface area (Å²) in [7, 11) is 4.27. The summed E-state index contributed by atoms with van der Waals surface area (Å²) in [5, 5.41) is 1.06. The molecule has 158 valence electrons. The molecule has 0 spiro atoms. The standard InChI is InChI=1S/C23H25Cl2N3OS/c1-26(2)19-7-8-27(15-19)21-6-4-3-5-16(21)11-22-23(29)28(9-10-30-22)20-13-17(24)12-18(25)14-20/h3-6,11-14,19H,7-10,15H2,1-2H3. The molecule has 2 heterocycles. The van der Waals surface area contributed by atoms with Crippen molar-refractivity contribution in [1.29, 1.82) is 0 Å². The summed E-state index contributed by atoms with van der Waals surface area (Å²) in [4.78, 5) is 20.5. The Morgan fingerprint density at radius 1 is 1.10 bits per heavy atom. The number of hydrogen-bond donors (Lipinski definition) is 0. The van der Waals surface area contributed by atoms with Gasteiger partial charge in [-0.2, -0.15) is 0 Å². The molecule has 1 atom stereocenters. The number of anilines is 2. The van der Waals surface area contributed by atoms with Gasteiger partial charge >= 0.3 is 0 Å². The van der Waals surface area contributed by atoms with Crippen LogP contribution in [0, 0.1) is 0 Å². The van der Waals surface area contributed by atoms with Crippen LogP contribution in [0.3, 0.4) is 0 Å². The van der Waals surface area contributed by atoms with Gasteiger partial charge in [-0.25, -0.2) is 0 Å². The average molecular weight is 462 g/mol. The van der Waals surface area contributed by atoms with Gasteiger partial charge in [-0.1, -0.05) is 41.4 Å². The van der Waals surface area contributed by atoms with Crippen molar-refractivity contribution in [3.63, 3.8) is 0 Å². The fraction of sp³-hybridized carbons (Fsp3) is 0.348. The van der Waals surface area contributed by atoms with Gasteiger partial charge < -0.3 is 14.7 Å². The molecule has 0 N–H and O–H groups in total. The minimum absolute atomic E-state index is 0.00743. The van der Waals surface area contributed by atoms with Crippen molar-refractivity contribution in [3.8, 4) is 0 Å². The zero-order chi connectivity index (χ0) is 21.3. The van der Waals surface area contributed by atoms with Gasteiger partial charge in [-0.05, 0) is 56.4 Å². The van der Waals surface area contributed by atoms with Crippen LogP contribution in [0.1, 0.15) is 12.0 Å². The summed E-state index contributed by atoms with van der Waals surface area (Å²) < 4.78 is 0. The Morgan fingerprint density at radius 2 is 1.83 bits per heavy atom. The Kier molecular flexibility index (Phi) is 6.63. The number of para-hydroxylation sites is 1. The lowest BCUT2D eigenvalue weighted by molar-refractivity contribution is -0.114. The molecule has 4 rings (SSSR count). The quantitative estimate of drug-likeness (QED) is 0.580.